The van der Waals surface area contributed by atoms with Gasteiger partial charge in [0.15, 0.2) is 5.82 Å². The van der Waals surface area contributed by atoms with E-state index in [-0.39, 0.29) is 5.92 Å². The van der Waals surface area contributed by atoms with Crippen molar-refractivity contribution in [1.82, 2.24) is 10.1 Å². The summed E-state index contributed by atoms with van der Waals surface area (Å²) in [7, 11) is 0. The zero-order valence-electron chi connectivity index (χ0n) is 7.86. The van der Waals surface area contributed by atoms with Crippen LogP contribution in [0, 0.1) is 6.92 Å². The van der Waals surface area contributed by atoms with Crippen LogP contribution in [0.4, 0.5) is 0 Å². The van der Waals surface area contributed by atoms with E-state index in [2.05, 4.69) is 31.5 Å². The molecule has 78 valence electrons. The van der Waals surface area contributed by atoms with Crippen LogP contribution in [0.2, 0.25) is 0 Å². The van der Waals surface area contributed by atoms with E-state index in [0.717, 1.165) is 15.1 Å². The quantitative estimate of drug-likeness (QED) is 0.809. The number of fused-ring (bicyclic) bond motifs is 1. The topological polar surface area (TPSA) is 48.2 Å². The zero-order chi connectivity index (χ0) is 10.4. The molecule has 0 radical (unpaired) electrons. The molecular weight excluding hydrogens is 280 g/mol. The molecule has 0 saturated carbocycles. The second kappa shape index (κ2) is 3.31. The van der Waals surface area contributed by atoms with Crippen LogP contribution in [0.15, 0.2) is 13.7 Å². The van der Waals surface area contributed by atoms with Gasteiger partial charge in [-0.3, -0.25) is 0 Å². The minimum Gasteiger partial charge on any atom is -0.490 e. The van der Waals surface area contributed by atoms with Gasteiger partial charge >= 0.3 is 0 Å². The molecule has 0 fully saturated rings. The summed E-state index contributed by atoms with van der Waals surface area (Å²) >= 11 is 5.07. The Hall–Kier alpha value is -0.880. The maximum Gasteiger partial charge on any atom is 0.223 e. The molecule has 1 unspecified atom stereocenters. The SMILES string of the molecule is Cc1nc(C2COc3c2csc3Br)no1. The van der Waals surface area contributed by atoms with Crippen LogP contribution in [0.1, 0.15) is 23.2 Å². The average Bonchev–Trinajstić information content (AvgIpc) is 2.84. The zero-order valence-corrected chi connectivity index (χ0v) is 10.3. The van der Waals surface area contributed by atoms with Gasteiger partial charge < -0.3 is 9.26 Å². The molecular formula is C9H7BrN2O2S. The first-order valence-corrected chi connectivity index (χ1v) is 6.13. The van der Waals surface area contributed by atoms with E-state index in [1.807, 2.05) is 0 Å². The summed E-state index contributed by atoms with van der Waals surface area (Å²) in [6, 6.07) is 0. The van der Waals surface area contributed by atoms with Gasteiger partial charge in [0.1, 0.15) is 16.1 Å². The molecule has 1 atom stereocenters. The number of aromatic nitrogens is 2. The highest BCUT2D eigenvalue weighted by Crippen LogP contribution is 2.45. The molecule has 2 aromatic heterocycles. The van der Waals surface area contributed by atoms with Crippen LogP contribution in [0.3, 0.4) is 0 Å². The number of hydrogen-bond acceptors (Lipinski definition) is 5. The summed E-state index contributed by atoms with van der Waals surface area (Å²) in [6.45, 7) is 2.38. The number of aryl methyl sites for hydroxylation is 1. The standard InChI is InChI=1S/C9H7BrN2O2S/c1-4-11-9(12-14-4)5-2-13-7-6(5)3-15-8(7)10/h3,5H,2H2,1H3. The van der Waals surface area contributed by atoms with E-state index in [4.69, 9.17) is 9.26 Å². The Morgan fingerprint density at radius 3 is 3.20 bits per heavy atom. The van der Waals surface area contributed by atoms with Crippen molar-refractivity contribution >= 4 is 27.3 Å². The van der Waals surface area contributed by atoms with E-state index in [1.54, 1.807) is 18.3 Å². The highest BCUT2D eigenvalue weighted by molar-refractivity contribution is 9.11. The minimum atomic E-state index is 0.111. The predicted molar refractivity (Wildman–Crippen MR) is 58.4 cm³/mol. The lowest BCUT2D eigenvalue weighted by Gasteiger charge is -1.99. The first kappa shape index (κ1) is 9.35. The molecule has 3 heterocycles. The Morgan fingerprint density at radius 2 is 2.47 bits per heavy atom. The fraction of sp³-hybridized carbons (Fsp3) is 0.333. The Kier molecular flexibility index (Phi) is 2.07. The molecule has 0 saturated heterocycles. The van der Waals surface area contributed by atoms with Crippen molar-refractivity contribution in [3.63, 3.8) is 0 Å². The molecule has 2 aromatic rings. The first-order chi connectivity index (χ1) is 7.25. The van der Waals surface area contributed by atoms with Crippen LogP contribution in [-0.2, 0) is 0 Å². The average molecular weight is 287 g/mol. The van der Waals surface area contributed by atoms with Crippen molar-refractivity contribution in [2.75, 3.05) is 6.61 Å². The van der Waals surface area contributed by atoms with Gasteiger partial charge in [-0.05, 0) is 21.3 Å². The van der Waals surface area contributed by atoms with Gasteiger partial charge in [-0.15, -0.1) is 11.3 Å². The molecule has 1 aliphatic rings. The third-order valence-corrected chi connectivity index (χ3v) is 4.04. The number of nitrogens with zero attached hydrogens (tertiary/aromatic N) is 2. The molecule has 0 amide bonds. The van der Waals surface area contributed by atoms with E-state index in [9.17, 15) is 0 Å². The summed E-state index contributed by atoms with van der Waals surface area (Å²) in [4.78, 5) is 4.23. The van der Waals surface area contributed by atoms with Crippen molar-refractivity contribution in [3.05, 3.63) is 26.4 Å². The van der Waals surface area contributed by atoms with Gasteiger partial charge in [0.25, 0.3) is 0 Å². The van der Waals surface area contributed by atoms with Crippen molar-refractivity contribution < 1.29 is 9.26 Å². The van der Waals surface area contributed by atoms with Gasteiger partial charge in [-0.2, -0.15) is 4.98 Å². The van der Waals surface area contributed by atoms with Crippen LogP contribution >= 0.6 is 27.3 Å². The molecule has 3 rings (SSSR count). The van der Waals surface area contributed by atoms with Gasteiger partial charge in [0, 0.05) is 12.5 Å². The van der Waals surface area contributed by atoms with Gasteiger partial charge in [0.05, 0.1) is 5.92 Å². The van der Waals surface area contributed by atoms with Crippen LogP contribution < -0.4 is 4.74 Å². The highest BCUT2D eigenvalue weighted by atomic mass is 79.9. The summed E-state index contributed by atoms with van der Waals surface area (Å²) in [5.41, 5.74) is 1.15. The van der Waals surface area contributed by atoms with E-state index in [1.165, 1.54) is 0 Å². The van der Waals surface area contributed by atoms with Crippen LogP contribution in [0.5, 0.6) is 5.75 Å². The Bertz CT molecular complexity index is 508. The van der Waals surface area contributed by atoms with Gasteiger partial charge in [-0.1, -0.05) is 5.16 Å². The van der Waals surface area contributed by atoms with Gasteiger partial charge in [0.2, 0.25) is 5.89 Å². The highest BCUT2D eigenvalue weighted by Gasteiger charge is 2.32. The lowest BCUT2D eigenvalue weighted by molar-refractivity contribution is 0.332. The normalized spacial score (nSPS) is 18.9. The number of hydrogen-bond donors (Lipinski definition) is 0. The molecule has 4 nitrogen and oxygen atoms in total. The molecule has 1 aliphatic heterocycles. The first-order valence-electron chi connectivity index (χ1n) is 4.45. The Balaban J connectivity index is 2.03. The lowest BCUT2D eigenvalue weighted by Crippen LogP contribution is -2.04. The maximum absolute atomic E-state index is 5.59. The monoisotopic (exact) mass is 286 g/mol. The van der Waals surface area contributed by atoms with Crippen molar-refractivity contribution in [3.8, 4) is 5.75 Å². The third kappa shape index (κ3) is 1.39. The van der Waals surface area contributed by atoms with Crippen molar-refractivity contribution in [2.45, 2.75) is 12.8 Å². The molecule has 0 bridgehead atoms. The van der Waals surface area contributed by atoms with E-state index >= 15 is 0 Å². The van der Waals surface area contributed by atoms with Crippen molar-refractivity contribution in [2.24, 2.45) is 0 Å². The molecule has 0 N–H and O–H groups in total. The smallest absolute Gasteiger partial charge is 0.223 e. The molecule has 0 spiro atoms. The third-order valence-electron chi connectivity index (χ3n) is 2.35. The number of thiophene rings is 1. The fourth-order valence-electron chi connectivity index (χ4n) is 1.64. The summed E-state index contributed by atoms with van der Waals surface area (Å²) in [5, 5.41) is 6.00. The second-order valence-electron chi connectivity index (χ2n) is 3.33. The van der Waals surface area contributed by atoms with Gasteiger partial charge in [-0.25, -0.2) is 0 Å². The fourth-order valence-corrected chi connectivity index (χ4v) is 3.05. The molecule has 0 aliphatic carbocycles. The molecule has 15 heavy (non-hydrogen) atoms. The largest absolute Gasteiger partial charge is 0.490 e. The maximum atomic E-state index is 5.59. The van der Waals surface area contributed by atoms with Crippen molar-refractivity contribution in [1.29, 1.82) is 0 Å². The molecule has 0 aromatic carbocycles. The van der Waals surface area contributed by atoms with Crippen LogP contribution in [-0.4, -0.2) is 16.7 Å². The summed E-state index contributed by atoms with van der Waals surface area (Å²) in [5.74, 6) is 2.33. The minimum absolute atomic E-state index is 0.111. The van der Waals surface area contributed by atoms with E-state index < -0.39 is 0 Å². The molecule has 6 heteroatoms. The van der Waals surface area contributed by atoms with Crippen LogP contribution in [0.25, 0.3) is 0 Å². The number of halogens is 1. The lowest BCUT2D eigenvalue weighted by atomic mass is 10.0. The summed E-state index contributed by atoms with van der Waals surface area (Å²) < 4.78 is 11.6. The summed E-state index contributed by atoms with van der Waals surface area (Å²) in [6.07, 6.45) is 0. The van der Waals surface area contributed by atoms with E-state index in [0.29, 0.717) is 18.3 Å². The number of ether oxygens (including phenoxy) is 1. The second-order valence-corrected chi connectivity index (χ2v) is 5.53. The Labute approximate surface area is 98.4 Å². The number of rotatable bonds is 1. The Morgan fingerprint density at radius 1 is 1.60 bits per heavy atom. The predicted octanol–water partition coefficient (Wildman–Crippen LogP) is 2.73.